The largest absolute Gasteiger partial charge is 0.476 e. The molecule has 0 amide bonds. The van der Waals surface area contributed by atoms with E-state index in [9.17, 15) is 0 Å². The van der Waals surface area contributed by atoms with Gasteiger partial charge in [-0.05, 0) is 30.4 Å². The molecular weight excluding hydrogens is 257 g/mol. The van der Waals surface area contributed by atoms with Crippen molar-refractivity contribution in [2.75, 3.05) is 6.61 Å². The Labute approximate surface area is 112 Å². The molecule has 0 spiro atoms. The van der Waals surface area contributed by atoms with Crippen molar-refractivity contribution in [2.45, 2.75) is 38.0 Å². The molecule has 0 unspecified atom stereocenters. The van der Waals surface area contributed by atoms with Gasteiger partial charge < -0.3 is 4.74 Å². The van der Waals surface area contributed by atoms with E-state index in [1.807, 2.05) is 6.07 Å². The van der Waals surface area contributed by atoms with Crippen molar-refractivity contribution < 1.29 is 4.74 Å². The second-order valence-electron chi connectivity index (χ2n) is 4.58. The molecule has 2 rings (SSSR count). The Morgan fingerprint density at radius 3 is 2.71 bits per heavy atom. The number of pyridine rings is 1. The van der Waals surface area contributed by atoms with E-state index in [1.54, 1.807) is 6.20 Å². The minimum Gasteiger partial charge on any atom is -0.476 e. The molecule has 1 saturated carbocycles. The number of aromatic nitrogens is 1. The molecule has 0 radical (unpaired) electrons. The van der Waals surface area contributed by atoms with Crippen LogP contribution in [0, 0.1) is 5.92 Å². The van der Waals surface area contributed by atoms with Gasteiger partial charge in [0.05, 0.1) is 6.61 Å². The van der Waals surface area contributed by atoms with Crippen LogP contribution in [0.2, 0.25) is 5.02 Å². The van der Waals surface area contributed by atoms with Gasteiger partial charge in [-0.25, -0.2) is 4.98 Å². The summed E-state index contributed by atoms with van der Waals surface area (Å²) in [7, 11) is 0. The third-order valence-corrected chi connectivity index (χ3v) is 3.78. The second-order valence-corrected chi connectivity index (χ2v) is 5.25. The molecule has 0 aliphatic heterocycles. The highest BCUT2D eigenvalue weighted by Gasteiger charge is 2.15. The molecule has 1 aromatic heterocycles. The molecule has 0 aromatic carbocycles. The van der Waals surface area contributed by atoms with Gasteiger partial charge in [-0.3, -0.25) is 0 Å². The van der Waals surface area contributed by atoms with Crippen molar-refractivity contribution in [2.24, 2.45) is 5.92 Å². The van der Waals surface area contributed by atoms with Crippen molar-refractivity contribution in [3.63, 3.8) is 0 Å². The number of rotatable bonds is 4. The van der Waals surface area contributed by atoms with E-state index in [1.165, 1.54) is 32.1 Å². The molecule has 1 heterocycles. The summed E-state index contributed by atoms with van der Waals surface area (Å²) in [4.78, 5) is 4.19. The molecule has 4 heteroatoms. The first kappa shape index (κ1) is 13.0. The molecule has 2 nitrogen and oxygen atoms in total. The van der Waals surface area contributed by atoms with E-state index in [0.29, 0.717) is 22.7 Å². The molecular formula is C13H17Cl2NO. The average molecular weight is 274 g/mol. The number of hydrogen-bond donors (Lipinski definition) is 0. The molecule has 1 aliphatic carbocycles. The number of hydrogen-bond acceptors (Lipinski definition) is 2. The second kappa shape index (κ2) is 6.46. The van der Waals surface area contributed by atoms with E-state index >= 15 is 0 Å². The summed E-state index contributed by atoms with van der Waals surface area (Å²) in [5, 5.41) is 0.555. The molecule has 1 aliphatic rings. The zero-order chi connectivity index (χ0) is 12.1. The van der Waals surface area contributed by atoms with Crippen LogP contribution in [0.4, 0.5) is 0 Å². The maximum absolute atomic E-state index is 6.08. The lowest BCUT2D eigenvalue weighted by atomic mass is 9.90. The maximum atomic E-state index is 6.08. The topological polar surface area (TPSA) is 22.1 Å². The molecule has 0 atom stereocenters. The lowest BCUT2D eigenvalue weighted by Crippen LogP contribution is -2.15. The fourth-order valence-electron chi connectivity index (χ4n) is 2.19. The van der Waals surface area contributed by atoms with Crippen LogP contribution in [0.1, 0.15) is 37.7 Å². The number of alkyl halides is 1. The molecule has 94 valence electrons. The summed E-state index contributed by atoms with van der Waals surface area (Å²) in [5.41, 5.74) is 0.918. The highest BCUT2D eigenvalue weighted by molar-refractivity contribution is 6.32. The Morgan fingerprint density at radius 2 is 2.06 bits per heavy atom. The molecule has 0 N–H and O–H groups in total. The van der Waals surface area contributed by atoms with E-state index in [4.69, 9.17) is 27.9 Å². The fourth-order valence-corrected chi connectivity index (χ4v) is 2.58. The van der Waals surface area contributed by atoms with E-state index < -0.39 is 0 Å². The third kappa shape index (κ3) is 3.75. The summed E-state index contributed by atoms with van der Waals surface area (Å²) in [6.07, 6.45) is 8.24. The highest BCUT2D eigenvalue weighted by atomic mass is 35.5. The maximum Gasteiger partial charge on any atom is 0.232 e. The standard InChI is InChI=1S/C13H17Cl2NO/c14-7-11-6-12(15)13(16-8-11)17-9-10-4-2-1-3-5-10/h6,8,10H,1-5,7,9H2. The molecule has 0 bridgehead atoms. The average Bonchev–Trinajstić information content (AvgIpc) is 2.38. The summed E-state index contributed by atoms with van der Waals surface area (Å²) in [6.45, 7) is 0.729. The Morgan fingerprint density at radius 1 is 1.29 bits per heavy atom. The highest BCUT2D eigenvalue weighted by Crippen LogP contribution is 2.27. The van der Waals surface area contributed by atoms with Gasteiger partial charge in [-0.15, -0.1) is 11.6 Å². The molecule has 17 heavy (non-hydrogen) atoms. The lowest BCUT2D eigenvalue weighted by Gasteiger charge is -2.21. The SMILES string of the molecule is ClCc1cnc(OCC2CCCCC2)c(Cl)c1. The zero-order valence-electron chi connectivity index (χ0n) is 9.79. The van der Waals surface area contributed by atoms with Gasteiger partial charge >= 0.3 is 0 Å². The van der Waals surface area contributed by atoms with Crippen LogP contribution in [-0.2, 0) is 5.88 Å². The van der Waals surface area contributed by atoms with Crippen molar-refractivity contribution in [3.05, 3.63) is 22.8 Å². The van der Waals surface area contributed by atoms with Crippen molar-refractivity contribution in [1.29, 1.82) is 0 Å². The van der Waals surface area contributed by atoms with Gasteiger partial charge in [0.1, 0.15) is 5.02 Å². The first-order valence-corrected chi connectivity index (χ1v) is 7.04. The van der Waals surface area contributed by atoms with Crippen LogP contribution in [0.15, 0.2) is 12.3 Å². The smallest absolute Gasteiger partial charge is 0.232 e. The van der Waals surface area contributed by atoms with Crippen LogP contribution in [-0.4, -0.2) is 11.6 Å². The van der Waals surface area contributed by atoms with Crippen LogP contribution in [0.5, 0.6) is 5.88 Å². The van der Waals surface area contributed by atoms with E-state index in [2.05, 4.69) is 4.98 Å². The lowest BCUT2D eigenvalue weighted by molar-refractivity contribution is 0.203. The Hall–Kier alpha value is -0.470. The number of halogens is 2. The minimum absolute atomic E-state index is 0.426. The van der Waals surface area contributed by atoms with Gasteiger partial charge in [0.25, 0.3) is 0 Å². The summed E-state index contributed by atoms with van der Waals surface area (Å²) < 4.78 is 5.69. The van der Waals surface area contributed by atoms with E-state index in [-0.39, 0.29) is 0 Å². The predicted octanol–water partition coefficient (Wildman–Crippen LogP) is 4.43. The summed E-state index contributed by atoms with van der Waals surface area (Å²) >= 11 is 11.8. The summed E-state index contributed by atoms with van der Waals surface area (Å²) in [6, 6.07) is 1.82. The van der Waals surface area contributed by atoms with Crippen LogP contribution in [0.25, 0.3) is 0 Å². The third-order valence-electron chi connectivity index (χ3n) is 3.20. The Bertz CT molecular complexity index is 364. The number of ether oxygens (including phenoxy) is 1. The molecule has 1 aromatic rings. The summed E-state index contributed by atoms with van der Waals surface area (Å²) in [5.74, 6) is 1.62. The van der Waals surface area contributed by atoms with Crippen LogP contribution in [0.3, 0.4) is 0 Å². The minimum atomic E-state index is 0.426. The molecule has 1 fully saturated rings. The van der Waals surface area contributed by atoms with Gasteiger partial charge in [-0.1, -0.05) is 30.9 Å². The fraction of sp³-hybridized carbons (Fsp3) is 0.615. The van der Waals surface area contributed by atoms with Gasteiger partial charge in [0, 0.05) is 12.1 Å². The Balaban J connectivity index is 1.89. The molecule has 0 saturated heterocycles. The van der Waals surface area contributed by atoms with Gasteiger partial charge in [-0.2, -0.15) is 0 Å². The van der Waals surface area contributed by atoms with Crippen molar-refractivity contribution in [3.8, 4) is 5.88 Å². The Kier molecular flexibility index (Phi) is 4.93. The van der Waals surface area contributed by atoms with Crippen LogP contribution < -0.4 is 4.74 Å². The van der Waals surface area contributed by atoms with Crippen molar-refractivity contribution >= 4 is 23.2 Å². The first-order chi connectivity index (χ1) is 8.29. The first-order valence-electron chi connectivity index (χ1n) is 6.13. The number of nitrogens with zero attached hydrogens (tertiary/aromatic N) is 1. The normalized spacial score (nSPS) is 17.1. The van der Waals surface area contributed by atoms with Gasteiger partial charge in [0.2, 0.25) is 5.88 Å². The van der Waals surface area contributed by atoms with Crippen molar-refractivity contribution in [1.82, 2.24) is 4.98 Å². The predicted molar refractivity (Wildman–Crippen MR) is 70.9 cm³/mol. The van der Waals surface area contributed by atoms with Crippen LogP contribution >= 0.6 is 23.2 Å². The van der Waals surface area contributed by atoms with Gasteiger partial charge in [0.15, 0.2) is 0 Å². The quantitative estimate of drug-likeness (QED) is 0.757. The monoisotopic (exact) mass is 273 g/mol. The zero-order valence-corrected chi connectivity index (χ0v) is 11.3. The van der Waals surface area contributed by atoms with E-state index in [0.717, 1.165) is 12.2 Å².